The van der Waals surface area contributed by atoms with Crippen LogP contribution in [0, 0.1) is 0 Å². The quantitative estimate of drug-likeness (QED) is 0.772. The Bertz CT molecular complexity index is 771. The average Bonchev–Trinajstić information content (AvgIpc) is 2.68. The number of sulfonamides is 1. The Morgan fingerprint density at radius 1 is 1.04 bits per heavy atom. The summed E-state index contributed by atoms with van der Waals surface area (Å²) in [5.74, 6) is -0.240. The Hall–Kier alpha value is -1.93. The van der Waals surface area contributed by atoms with E-state index in [1.165, 1.54) is 18.6 Å². The lowest BCUT2D eigenvalue weighted by Gasteiger charge is -2.26. The third-order valence-corrected chi connectivity index (χ3v) is 6.59. The molecule has 148 valence electrons. The fourth-order valence-corrected chi connectivity index (χ4v) is 4.64. The van der Waals surface area contributed by atoms with Gasteiger partial charge in [-0.1, -0.05) is 19.3 Å². The van der Waals surface area contributed by atoms with E-state index in [0.29, 0.717) is 18.7 Å². The molecule has 2 aliphatic rings. The molecule has 2 amide bonds. The van der Waals surface area contributed by atoms with Crippen molar-refractivity contribution in [1.29, 1.82) is 0 Å². The van der Waals surface area contributed by atoms with Gasteiger partial charge in [-0.2, -0.15) is 0 Å². The predicted octanol–water partition coefficient (Wildman–Crippen LogP) is 1.93. The molecule has 2 fully saturated rings. The van der Waals surface area contributed by atoms with Crippen LogP contribution in [0.5, 0.6) is 0 Å². The highest BCUT2D eigenvalue weighted by molar-refractivity contribution is 7.89. The van der Waals surface area contributed by atoms with Crippen LogP contribution in [0.15, 0.2) is 29.2 Å². The van der Waals surface area contributed by atoms with Crippen molar-refractivity contribution in [3.8, 4) is 0 Å². The number of hydrogen-bond donors (Lipinski definition) is 2. The molecule has 27 heavy (non-hydrogen) atoms. The lowest BCUT2D eigenvalue weighted by molar-refractivity contribution is -0.121. The minimum Gasteiger partial charge on any atom is -0.352 e. The lowest BCUT2D eigenvalue weighted by Crippen LogP contribution is -2.42. The summed E-state index contributed by atoms with van der Waals surface area (Å²) in [7, 11) is -3.77. The molecule has 1 aromatic carbocycles. The average molecular weight is 394 g/mol. The highest BCUT2D eigenvalue weighted by Gasteiger charge is 2.22. The first-order valence-corrected chi connectivity index (χ1v) is 11.1. The van der Waals surface area contributed by atoms with E-state index >= 15 is 0 Å². The monoisotopic (exact) mass is 393 g/mol. The van der Waals surface area contributed by atoms with E-state index in [2.05, 4.69) is 10.0 Å². The maximum Gasteiger partial charge on any atom is 0.241 e. The van der Waals surface area contributed by atoms with Gasteiger partial charge >= 0.3 is 0 Å². The van der Waals surface area contributed by atoms with Crippen LogP contribution >= 0.6 is 0 Å². The predicted molar refractivity (Wildman–Crippen MR) is 103 cm³/mol. The van der Waals surface area contributed by atoms with Gasteiger partial charge in [-0.3, -0.25) is 9.59 Å². The van der Waals surface area contributed by atoms with Crippen LogP contribution in [0.1, 0.15) is 51.4 Å². The third-order valence-electron chi connectivity index (χ3n) is 5.18. The molecule has 8 heteroatoms. The van der Waals surface area contributed by atoms with Crippen molar-refractivity contribution in [2.24, 2.45) is 0 Å². The molecule has 1 aliphatic heterocycles. The van der Waals surface area contributed by atoms with Gasteiger partial charge < -0.3 is 10.2 Å². The first-order valence-electron chi connectivity index (χ1n) is 9.65. The molecule has 0 bridgehead atoms. The highest BCUT2D eigenvalue weighted by atomic mass is 32.2. The minimum atomic E-state index is -3.77. The Labute approximate surface area is 160 Å². The molecule has 2 N–H and O–H groups in total. The van der Waals surface area contributed by atoms with Crippen molar-refractivity contribution in [3.63, 3.8) is 0 Å². The standard InChI is InChI=1S/C19H27N3O4S/c23-18(21-15-6-2-1-3-7-15)14-20-27(25,26)17-11-9-16(10-12-17)22-13-5-4-8-19(22)24/h9-12,15,20H,1-8,13-14H2,(H,21,23). The van der Waals surface area contributed by atoms with Gasteiger partial charge in [0.05, 0.1) is 11.4 Å². The first kappa shape index (κ1) is 19.8. The number of carbonyl (C=O) groups is 2. The topological polar surface area (TPSA) is 95.6 Å². The van der Waals surface area contributed by atoms with Crippen LogP contribution in [0.25, 0.3) is 0 Å². The molecule has 3 rings (SSSR count). The first-order chi connectivity index (χ1) is 13.0. The van der Waals surface area contributed by atoms with Gasteiger partial charge in [0.1, 0.15) is 0 Å². The van der Waals surface area contributed by atoms with Crippen LogP contribution in [0.2, 0.25) is 0 Å². The summed E-state index contributed by atoms with van der Waals surface area (Å²) in [4.78, 5) is 25.7. The zero-order valence-electron chi connectivity index (χ0n) is 15.4. The summed E-state index contributed by atoms with van der Waals surface area (Å²) in [6.07, 6.45) is 7.67. The fourth-order valence-electron chi connectivity index (χ4n) is 3.65. The van der Waals surface area contributed by atoms with E-state index in [1.807, 2.05) is 0 Å². The van der Waals surface area contributed by atoms with Crippen LogP contribution < -0.4 is 14.9 Å². The van der Waals surface area contributed by atoms with Crippen molar-refractivity contribution in [1.82, 2.24) is 10.0 Å². The van der Waals surface area contributed by atoms with Crippen molar-refractivity contribution in [3.05, 3.63) is 24.3 Å². The van der Waals surface area contributed by atoms with Crippen LogP contribution in [0.3, 0.4) is 0 Å². The zero-order chi connectivity index (χ0) is 19.3. The molecule has 0 atom stereocenters. The van der Waals surface area contributed by atoms with Crippen molar-refractivity contribution < 1.29 is 18.0 Å². The largest absolute Gasteiger partial charge is 0.352 e. The number of nitrogens with zero attached hydrogens (tertiary/aromatic N) is 1. The highest BCUT2D eigenvalue weighted by Crippen LogP contribution is 2.22. The summed E-state index contributed by atoms with van der Waals surface area (Å²) in [5, 5.41) is 2.89. The maximum atomic E-state index is 12.4. The van der Waals surface area contributed by atoms with E-state index in [1.54, 1.807) is 17.0 Å². The zero-order valence-corrected chi connectivity index (χ0v) is 16.3. The Morgan fingerprint density at radius 3 is 2.41 bits per heavy atom. The molecule has 1 heterocycles. The van der Waals surface area contributed by atoms with Gasteiger partial charge in [-0.15, -0.1) is 0 Å². The van der Waals surface area contributed by atoms with E-state index in [9.17, 15) is 18.0 Å². The van der Waals surface area contributed by atoms with E-state index < -0.39 is 10.0 Å². The van der Waals surface area contributed by atoms with E-state index in [-0.39, 0.29) is 29.3 Å². The maximum absolute atomic E-state index is 12.4. The van der Waals surface area contributed by atoms with Gasteiger partial charge in [0, 0.05) is 24.7 Å². The molecular weight excluding hydrogens is 366 g/mol. The second-order valence-electron chi connectivity index (χ2n) is 7.22. The number of hydrogen-bond acceptors (Lipinski definition) is 4. The Morgan fingerprint density at radius 2 is 1.74 bits per heavy atom. The van der Waals surface area contributed by atoms with E-state index in [4.69, 9.17) is 0 Å². The number of anilines is 1. The minimum absolute atomic E-state index is 0.0642. The molecule has 0 spiro atoms. The number of amides is 2. The van der Waals surface area contributed by atoms with Crippen LogP contribution in [-0.2, 0) is 19.6 Å². The molecule has 1 aliphatic carbocycles. The molecule has 0 unspecified atom stereocenters. The summed E-state index contributed by atoms with van der Waals surface area (Å²) < 4.78 is 27.2. The van der Waals surface area contributed by atoms with Gasteiger partial charge in [0.15, 0.2) is 0 Å². The smallest absolute Gasteiger partial charge is 0.241 e. The SMILES string of the molecule is O=C(CNS(=O)(=O)c1ccc(N2CCCCC2=O)cc1)NC1CCCCC1. The molecule has 1 aromatic rings. The van der Waals surface area contributed by atoms with E-state index in [0.717, 1.165) is 38.5 Å². The molecular formula is C19H27N3O4S. The number of nitrogens with one attached hydrogen (secondary N) is 2. The number of benzene rings is 1. The molecule has 0 radical (unpaired) electrons. The summed E-state index contributed by atoms with van der Waals surface area (Å²) >= 11 is 0. The summed E-state index contributed by atoms with van der Waals surface area (Å²) in [6.45, 7) is 0.385. The van der Waals surface area contributed by atoms with Crippen molar-refractivity contribution >= 4 is 27.5 Å². The molecule has 1 saturated carbocycles. The number of piperidine rings is 1. The van der Waals surface area contributed by atoms with Crippen molar-refractivity contribution in [2.75, 3.05) is 18.0 Å². The summed E-state index contributed by atoms with van der Waals surface area (Å²) in [5.41, 5.74) is 0.702. The van der Waals surface area contributed by atoms with Crippen LogP contribution in [-0.4, -0.2) is 39.4 Å². The second kappa shape index (κ2) is 8.84. The lowest BCUT2D eigenvalue weighted by atomic mass is 9.95. The number of rotatable bonds is 6. The molecule has 7 nitrogen and oxygen atoms in total. The number of carbonyl (C=O) groups excluding carboxylic acids is 2. The summed E-state index contributed by atoms with van der Waals surface area (Å²) in [6, 6.07) is 6.37. The van der Waals surface area contributed by atoms with Gasteiger partial charge in [0.25, 0.3) is 0 Å². The molecule has 0 aromatic heterocycles. The third kappa shape index (κ3) is 5.29. The Balaban J connectivity index is 1.56. The molecule has 1 saturated heterocycles. The normalized spacial score (nSPS) is 19.1. The fraction of sp³-hybridized carbons (Fsp3) is 0.579. The van der Waals surface area contributed by atoms with Gasteiger partial charge in [0.2, 0.25) is 21.8 Å². The Kier molecular flexibility index (Phi) is 6.49. The van der Waals surface area contributed by atoms with Crippen LogP contribution in [0.4, 0.5) is 5.69 Å². The van der Waals surface area contributed by atoms with Gasteiger partial charge in [-0.25, -0.2) is 13.1 Å². The van der Waals surface area contributed by atoms with Gasteiger partial charge in [-0.05, 0) is 49.9 Å². The second-order valence-corrected chi connectivity index (χ2v) is 8.99. The van der Waals surface area contributed by atoms with Crippen molar-refractivity contribution in [2.45, 2.75) is 62.3 Å².